The van der Waals surface area contributed by atoms with Crippen molar-refractivity contribution in [2.45, 2.75) is 20.4 Å². The van der Waals surface area contributed by atoms with E-state index in [1.54, 1.807) is 30.9 Å². The number of para-hydroxylation sites is 1. The van der Waals surface area contributed by atoms with Crippen LogP contribution in [0.25, 0.3) is 11.0 Å². The zero-order chi connectivity index (χ0) is 23.5. The van der Waals surface area contributed by atoms with Gasteiger partial charge < -0.3 is 23.9 Å². The van der Waals surface area contributed by atoms with Crippen LogP contribution < -0.4 is 10.2 Å². The summed E-state index contributed by atoms with van der Waals surface area (Å²) in [5.41, 5.74) is 0.562. The van der Waals surface area contributed by atoms with Crippen molar-refractivity contribution < 1.29 is 23.8 Å². The maximum atomic E-state index is 13.2. The van der Waals surface area contributed by atoms with E-state index in [4.69, 9.17) is 13.9 Å². The number of ether oxygens (including phenoxy) is 2. The van der Waals surface area contributed by atoms with E-state index in [0.717, 1.165) is 4.47 Å². The maximum absolute atomic E-state index is 13.2. The van der Waals surface area contributed by atoms with E-state index in [1.165, 1.54) is 6.07 Å². The quantitative estimate of drug-likeness (QED) is 0.528. The zero-order valence-corrected chi connectivity index (χ0v) is 20.1. The first-order chi connectivity index (χ1) is 15.9. The second-order valence-electron chi connectivity index (χ2n) is 7.75. The average Bonchev–Trinajstić information content (AvgIpc) is 2.80. The molecule has 1 aromatic heterocycles. The Morgan fingerprint density at radius 1 is 1.15 bits per heavy atom. The minimum atomic E-state index is -0.315. The zero-order valence-electron chi connectivity index (χ0n) is 18.5. The summed E-state index contributed by atoms with van der Waals surface area (Å²) in [5, 5.41) is 10.9. The first-order valence-electron chi connectivity index (χ1n) is 10.7. The number of hydrogen-bond acceptors (Lipinski definition) is 7. The molecule has 1 amide bonds. The van der Waals surface area contributed by atoms with Gasteiger partial charge in [-0.1, -0.05) is 12.1 Å². The highest BCUT2D eigenvalue weighted by Crippen LogP contribution is 2.33. The lowest BCUT2D eigenvalue weighted by Gasteiger charge is -2.34. The molecule has 1 aliphatic rings. The van der Waals surface area contributed by atoms with Crippen LogP contribution in [0.1, 0.15) is 18.2 Å². The summed E-state index contributed by atoms with van der Waals surface area (Å²) in [6, 6.07) is 10.3. The van der Waals surface area contributed by atoms with E-state index >= 15 is 0 Å². The van der Waals surface area contributed by atoms with Crippen LogP contribution in [-0.4, -0.2) is 53.8 Å². The molecule has 1 saturated heterocycles. The normalized spacial score (nSPS) is 14.5. The van der Waals surface area contributed by atoms with Gasteiger partial charge in [-0.2, -0.15) is 0 Å². The van der Waals surface area contributed by atoms with Gasteiger partial charge in [0.1, 0.15) is 22.8 Å². The molecule has 4 rings (SSSR count). The van der Waals surface area contributed by atoms with Gasteiger partial charge in [-0.05, 0) is 54.0 Å². The Bertz CT molecular complexity index is 1230. The third-order valence-corrected chi connectivity index (χ3v) is 6.25. The molecule has 0 radical (unpaired) electrons. The van der Waals surface area contributed by atoms with Crippen LogP contribution in [0.5, 0.6) is 17.2 Å². The molecule has 174 valence electrons. The molecule has 2 aromatic carbocycles. The molecule has 2 heterocycles. The van der Waals surface area contributed by atoms with Crippen molar-refractivity contribution in [1.82, 2.24) is 9.80 Å². The first kappa shape index (κ1) is 23.1. The topological polar surface area (TPSA) is 92.5 Å². The number of aromatic hydroxyl groups is 1. The molecule has 8 nitrogen and oxygen atoms in total. The van der Waals surface area contributed by atoms with E-state index in [2.05, 4.69) is 20.8 Å². The molecule has 0 spiro atoms. The number of phenols is 1. The summed E-state index contributed by atoms with van der Waals surface area (Å²) in [6.45, 7) is 6.44. The Morgan fingerprint density at radius 3 is 2.58 bits per heavy atom. The van der Waals surface area contributed by atoms with Gasteiger partial charge >= 0.3 is 6.09 Å². The van der Waals surface area contributed by atoms with Crippen LogP contribution in [0, 0.1) is 6.92 Å². The lowest BCUT2D eigenvalue weighted by atomic mass is 10.1. The van der Waals surface area contributed by atoms with Gasteiger partial charge in [0.05, 0.1) is 22.0 Å². The fourth-order valence-corrected chi connectivity index (χ4v) is 4.20. The minimum absolute atomic E-state index is 0.0531. The summed E-state index contributed by atoms with van der Waals surface area (Å²) in [4.78, 5) is 28.9. The number of fused-ring (bicyclic) bond motifs is 1. The maximum Gasteiger partial charge on any atom is 0.409 e. The third kappa shape index (κ3) is 4.84. The fraction of sp³-hybridized carbons (Fsp3) is 0.333. The van der Waals surface area contributed by atoms with E-state index in [0.29, 0.717) is 67.4 Å². The van der Waals surface area contributed by atoms with Crippen LogP contribution >= 0.6 is 15.9 Å². The molecule has 1 fully saturated rings. The summed E-state index contributed by atoms with van der Waals surface area (Å²) in [6.07, 6.45) is -0.315. The molecule has 1 N–H and O–H groups in total. The number of carbonyl (C=O) groups is 1. The van der Waals surface area contributed by atoms with Crippen molar-refractivity contribution in [1.29, 1.82) is 0 Å². The number of benzene rings is 2. The molecular formula is C24H25BrN2O6. The lowest BCUT2D eigenvalue weighted by Crippen LogP contribution is -2.48. The van der Waals surface area contributed by atoms with E-state index in [1.807, 2.05) is 18.2 Å². The molecule has 9 heteroatoms. The van der Waals surface area contributed by atoms with E-state index < -0.39 is 0 Å². The molecular weight excluding hydrogens is 492 g/mol. The summed E-state index contributed by atoms with van der Waals surface area (Å²) in [5.74, 6) is 0.986. The standard InChI is InChI=1S/C24H25BrN2O6/c1-3-31-24(30)27-12-10-26(11-13-27)14-17-19(28)9-8-16-21(29)22(15(2)32-23(16)17)33-20-7-5-4-6-18(20)25/h4-9,28H,3,10-14H2,1-2H3. The number of carbonyl (C=O) groups excluding carboxylic acids is 1. The summed E-state index contributed by atoms with van der Waals surface area (Å²) in [7, 11) is 0. The molecule has 0 aliphatic carbocycles. The van der Waals surface area contributed by atoms with E-state index in [9.17, 15) is 14.7 Å². The fourth-order valence-electron chi connectivity index (χ4n) is 3.83. The minimum Gasteiger partial charge on any atom is -0.507 e. The van der Waals surface area contributed by atoms with Crippen LogP contribution in [-0.2, 0) is 11.3 Å². The highest BCUT2D eigenvalue weighted by molar-refractivity contribution is 9.10. The molecule has 0 atom stereocenters. The number of aryl methyl sites for hydroxylation is 1. The number of halogens is 1. The number of hydrogen-bond donors (Lipinski definition) is 1. The van der Waals surface area contributed by atoms with Crippen LogP contribution in [0.2, 0.25) is 0 Å². The number of phenolic OH excluding ortho intramolecular Hbond substituents is 1. The predicted molar refractivity (Wildman–Crippen MR) is 127 cm³/mol. The molecule has 0 bridgehead atoms. The Balaban J connectivity index is 1.61. The number of amides is 1. The van der Waals surface area contributed by atoms with Crippen molar-refractivity contribution in [2.75, 3.05) is 32.8 Å². The SMILES string of the molecule is CCOC(=O)N1CCN(Cc2c(O)ccc3c(=O)c(Oc4ccccc4Br)c(C)oc23)CC1. The second-order valence-corrected chi connectivity index (χ2v) is 8.61. The van der Waals surface area contributed by atoms with Crippen molar-refractivity contribution in [3.63, 3.8) is 0 Å². The van der Waals surface area contributed by atoms with Crippen molar-refractivity contribution >= 4 is 33.0 Å². The number of nitrogens with zero attached hydrogens (tertiary/aromatic N) is 2. The summed E-state index contributed by atoms with van der Waals surface area (Å²) < 4.78 is 17.7. The molecule has 0 unspecified atom stereocenters. The molecule has 0 saturated carbocycles. The highest BCUT2D eigenvalue weighted by atomic mass is 79.9. The first-order valence-corrected chi connectivity index (χ1v) is 11.5. The van der Waals surface area contributed by atoms with Crippen molar-refractivity contribution in [3.05, 3.63) is 62.4 Å². The monoisotopic (exact) mass is 516 g/mol. The van der Waals surface area contributed by atoms with Crippen molar-refractivity contribution in [3.8, 4) is 17.2 Å². The predicted octanol–water partition coefficient (Wildman–Crippen LogP) is 4.64. The van der Waals surface area contributed by atoms with Gasteiger partial charge in [0, 0.05) is 32.7 Å². The average molecular weight is 517 g/mol. The summed E-state index contributed by atoms with van der Waals surface area (Å²) >= 11 is 3.42. The highest BCUT2D eigenvalue weighted by Gasteiger charge is 2.25. The third-order valence-electron chi connectivity index (χ3n) is 5.59. The van der Waals surface area contributed by atoms with Gasteiger partial charge in [0.2, 0.25) is 11.2 Å². The second kappa shape index (κ2) is 9.84. The van der Waals surface area contributed by atoms with Crippen LogP contribution in [0.3, 0.4) is 0 Å². The van der Waals surface area contributed by atoms with Gasteiger partial charge in [-0.3, -0.25) is 9.69 Å². The lowest BCUT2D eigenvalue weighted by molar-refractivity contribution is 0.0776. The van der Waals surface area contributed by atoms with Crippen LogP contribution in [0.15, 0.2) is 50.1 Å². The Kier molecular flexibility index (Phi) is 6.90. The molecule has 3 aromatic rings. The Hall–Kier alpha value is -3.04. The van der Waals surface area contributed by atoms with Gasteiger partial charge in [-0.15, -0.1) is 0 Å². The Labute approximate surface area is 199 Å². The van der Waals surface area contributed by atoms with Gasteiger partial charge in [-0.25, -0.2) is 4.79 Å². The van der Waals surface area contributed by atoms with Gasteiger partial charge in [0.25, 0.3) is 0 Å². The number of rotatable bonds is 5. The van der Waals surface area contributed by atoms with E-state index in [-0.39, 0.29) is 23.0 Å². The molecule has 33 heavy (non-hydrogen) atoms. The van der Waals surface area contributed by atoms with Crippen LogP contribution in [0.4, 0.5) is 4.79 Å². The largest absolute Gasteiger partial charge is 0.507 e. The Morgan fingerprint density at radius 2 is 1.88 bits per heavy atom. The van der Waals surface area contributed by atoms with Gasteiger partial charge in [0.15, 0.2) is 0 Å². The smallest absolute Gasteiger partial charge is 0.409 e. The molecule has 1 aliphatic heterocycles. The number of piperazine rings is 1. The van der Waals surface area contributed by atoms with Crippen molar-refractivity contribution in [2.24, 2.45) is 0 Å².